The molecule has 21 heavy (non-hydrogen) atoms. The summed E-state index contributed by atoms with van der Waals surface area (Å²) in [6, 6.07) is 0.904. The van der Waals surface area contributed by atoms with E-state index in [1.165, 1.54) is 12.1 Å². The van der Waals surface area contributed by atoms with Gasteiger partial charge in [0.1, 0.15) is 0 Å². The number of fused-ring (bicyclic) bond motifs is 1. The second-order valence-corrected chi connectivity index (χ2v) is 5.43. The van der Waals surface area contributed by atoms with Gasteiger partial charge in [0.15, 0.2) is 0 Å². The molecule has 1 aliphatic heterocycles. The zero-order chi connectivity index (χ0) is 19.3. The van der Waals surface area contributed by atoms with E-state index in [1.54, 1.807) is 0 Å². The van der Waals surface area contributed by atoms with Crippen LogP contribution >= 0.6 is 27.5 Å². The summed E-state index contributed by atoms with van der Waals surface area (Å²) in [4.78, 5) is 15.9. The first-order chi connectivity index (χ1) is 12.1. The van der Waals surface area contributed by atoms with Crippen LogP contribution in [0.2, 0.25) is 5.02 Å². The lowest BCUT2D eigenvalue weighted by Crippen LogP contribution is -2.24. The van der Waals surface area contributed by atoms with Crippen molar-refractivity contribution in [3.63, 3.8) is 0 Å². The maximum absolute atomic E-state index is 12.0. The van der Waals surface area contributed by atoms with Crippen LogP contribution in [0.5, 0.6) is 0 Å². The number of anilines is 1. The molecule has 0 bridgehead atoms. The molecular weight excluding hydrogens is 356 g/mol. The van der Waals surface area contributed by atoms with Gasteiger partial charge in [0, 0.05) is 20.6 Å². The molecule has 4 nitrogen and oxygen atoms in total. The summed E-state index contributed by atoms with van der Waals surface area (Å²) in [6.45, 7) is 0. The Morgan fingerprint density at radius 1 is 1.33 bits per heavy atom. The number of benzene rings is 2. The molecule has 0 aliphatic carbocycles. The molecule has 1 atom stereocenters. The van der Waals surface area contributed by atoms with E-state index in [-0.39, 0.29) is 33.6 Å². The van der Waals surface area contributed by atoms with Crippen LogP contribution < -0.4 is 5.32 Å². The standard InChI is InChI=1S/C15H10BrClN2O2/c16-8-5-6-12-10(7-8)13(19-15(21)14(20)18-12)9-3-1-2-4-11(9)17/h1-7,15,21H,(H,18,20)/i1D,2D,3D,4D,6D. The van der Waals surface area contributed by atoms with Crippen molar-refractivity contribution in [2.75, 3.05) is 5.32 Å². The Labute approximate surface area is 141 Å². The number of aliphatic hydroxyl groups is 1. The van der Waals surface area contributed by atoms with Gasteiger partial charge in [-0.3, -0.25) is 4.79 Å². The number of aliphatic imine (C=N–C) groups is 1. The summed E-state index contributed by atoms with van der Waals surface area (Å²) in [6.07, 6.45) is -1.83. The third kappa shape index (κ3) is 2.72. The molecule has 3 rings (SSSR count). The number of rotatable bonds is 1. The van der Waals surface area contributed by atoms with Crippen LogP contribution in [0.15, 0.2) is 51.8 Å². The third-order valence-electron chi connectivity index (χ3n) is 2.77. The predicted molar refractivity (Wildman–Crippen MR) is 85.9 cm³/mol. The molecule has 2 aromatic rings. The second kappa shape index (κ2) is 5.60. The van der Waals surface area contributed by atoms with E-state index < -0.39 is 36.3 Å². The van der Waals surface area contributed by atoms with Crippen LogP contribution in [-0.4, -0.2) is 23.0 Å². The highest BCUT2D eigenvalue weighted by molar-refractivity contribution is 9.10. The molecule has 1 amide bonds. The number of hydrogen-bond donors (Lipinski definition) is 2. The highest BCUT2D eigenvalue weighted by Crippen LogP contribution is 2.29. The lowest BCUT2D eigenvalue weighted by molar-refractivity contribution is -0.123. The smallest absolute Gasteiger partial charge is 0.276 e. The molecule has 1 aliphatic rings. The summed E-state index contributed by atoms with van der Waals surface area (Å²) in [7, 11) is 0. The maximum Gasteiger partial charge on any atom is 0.276 e. The Hall–Kier alpha value is -1.69. The molecule has 0 saturated heterocycles. The van der Waals surface area contributed by atoms with Crippen LogP contribution in [0, 0.1) is 0 Å². The van der Waals surface area contributed by atoms with Crippen LogP contribution in [-0.2, 0) is 4.79 Å². The van der Waals surface area contributed by atoms with Crippen molar-refractivity contribution in [3.05, 3.63) is 63.0 Å². The summed E-state index contributed by atoms with van der Waals surface area (Å²) >= 11 is 9.40. The first kappa shape index (κ1) is 9.35. The minimum atomic E-state index is -1.83. The monoisotopic (exact) mass is 369 g/mol. The molecule has 0 aromatic heterocycles. The van der Waals surface area contributed by atoms with Crippen LogP contribution in [0.4, 0.5) is 5.69 Å². The number of nitrogens with zero attached hydrogens (tertiary/aromatic N) is 1. The highest BCUT2D eigenvalue weighted by Gasteiger charge is 2.25. The molecule has 1 heterocycles. The first-order valence-electron chi connectivity index (χ1n) is 8.27. The van der Waals surface area contributed by atoms with Crippen molar-refractivity contribution >= 4 is 44.8 Å². The normalized spacial score (nSPS) is 20.9. The quantitative estimate of drug-likeness (QED) is 0.810. The van der Waals surface area contributed by atoms with E-state index in [9.17, 15) is 9.90 Å². The molecule has 0 spiro atoms. The number of benzodiazepines with no additional fused rings is 1. The average molecular weight is 371 g/mol. The zero-order valence-electron chi connectivity index (χ0n) is 15.3. The third-order valence-corrected chi connectivity index (χ3v) is 3.52. The Bertz CT molecular complexity index is 970. The van der Waals surface area contributed by atoms with Crippen molar-refractivity contribution in [1.82, 2.24) is 0 Å². The van der Waals surface area contributed by atoms with Gasteiger partial charge in [-0.1, -0.05) is 45.7 Å². The summed E-state index contributed by atoms with van der Waals surface area (Å²) < 4.78 is 40.1. The van der Waals surface area contributed by atoms with Gasteiger partial charge >= 0.3 is 0 Å². The topological polar surface area (TPSA) is 61.7 Å². The molecule has 2 aromatic carbocycles. The zero-order valence-corrected chi connectivity index (χ0v) is 12.6. The molecular formula is C15H10BrClN2O2. The van der Waals surface area contributed by atoms with E-state index in [0.29, 0.717) is 4.47 Å². The van der Waals surface area contributed by atoms with E-state index in [0.717, 1.165) is 0 Å². The van der Waals surface area contributed by atoms with Gasteiger partial charge in [-0.2, -0.15) is 0 Å². The van der Waals surface area contributed by atoms with Gasteiger partial charge in [-0.25, -0.2) is 4.99 Å². The average Bonchev–Trinajstić information content (AvgIpc) is 2.70. The van der Waals surface area contributed by atoms with Gasteiger partial charge in [-0.05, 0) is 24.2 Å². The van der Waals surface area contributed by atoms with E-state index in [2.05, 4.69) is 26.2 Å². The van der Waals surface area contributed by atoms with Crippen LogP contribution in [0.25, 0.3) is 0 Å². The fourth-order valence-electron chi connectivity index (χ4n) is 1.86. The number of carbonyl (C=O) groups is 1. The first-order valence-corrected chi connectivity index (χ1v) is 6.94. The van der Waals surface area contributed by atoms with Crippen molar-refractivity contribution < 1.29 is 16.8 Å². The molecule has 6 heteroatoms. The maximum atomic E-state index is 12.0. The van der Waals surface area contributed by atoms with Crippen molar-refractivity contribution in [3.8, 4) is 0 Å². The fraction of sp³-hybridized carbons (Fsp3) is 0.0667. The lowest BCUT2D eigenvalue weighted by Gasteiger charge is -2.11. The second-order valence-electron chi connectivity index (χ2n) is 4.14. The van der Waals surface area contributed by atoms with Crippen molar-refractivity contribution in [2.45, 2.75) is 6.23 Å². The largest absolute Gasteiger partial charge is 0.364 e. The Morgan fingerprint density at radius 2 is 2.10 bits per heavy atom. The minimum absolute atomic E-state index is 0.0528. The number of nitrogens with one attached hydrogen (secondary N) is 1. The highest BCUT2D eigenvalue weighted by atomic mass is 79.9. The minimum Gasteiger partial charge on any atom is -0.364 e. The van der Waals surface area contributed by atoms with Crippen LogP contribution in [0.3, 0.4) is 0 Å². The Kier molecular flexibility index (Phi) is 2.49. The lowest BCUT2D eigenvalue weighted by atomic mass is 10.0. The van der Waals surface area contributed by atoms with Crippen molar-refractivity contribution in [1.29, 1.82) is 0 Å². The molecule has 0 fully saturated rings. The number of aliphatic hydroxyl groups excluding tert-OH is 1. The Balaban J connectivity index is 2.43. The van der Waals surface area contributed by atoms with E-state index in [4.69, 9.17) is 18.5 Å². The fourth-order valence-corrected chi connectivity index (χ4v) is 2.39. The Morgan fingerprint density at radius 3 is 2.90 bits per heavy atom. The molecule has 0 saturated carbocycles. The van der Waals surface area contributed by atoms with Crippen molar-refractivity contribution in [2.24, 2.45) is 4.99 Å². The number of amides is 1. The number of hydrogen-bond acceptors (Lipinski definition) is 3. The number of halogens is 2. The SMILES string of the molecule is [2H]c1cc(Br)cc2c1NC(=O)C(O)N=C2c1c([2H])c([2H])c([2H])c([2H])c1Cl. The molecule has 106 valence electrons. The van der Waals surface area contributed by atoms with Gasteiger partial charge < -0.3 is 10.4 Å². The summed E-state index contributed by atoms with van der Waals surface area (Å²) in [5, 5.41) is 12.1. The molecule has 2 N–H and O–H groups in total. The number of carbonyl (C=O) groups excluding carboxylic acids is 1. The van der Waals surface area contributed by atoms with Gasteiger partial charge in [0.2, 0.25) is 6.23 Å². The van der Waals surface area contributed by atoms with Gasteiger partial charge in [0.25, 0.3) is 5.91 Å². The van der Waals surface area contributed by atoms with E-state index in [1.807, 2.05) is 0 Å². The van der Waals surface area contributed by atoms with Gasteiger partial charge in [0.05, 0.1) is 18.3 Å². The summed E-state index contributed by atoms with van der Waals surface area (Å²) in [5.74, 6) is -0.867. The summed E-state index contributed by atoms with van der Waals surface area (Å²) in [5.41, 5.74) is -0.0252. The molecule has 0 radical (unpaired) electrons. The van der Waals surface area contributed by atoms with Gasteiger partial charge in [-0.15, -0.1) is 0 Å². The van der Waals surface area contributed by atoms with Crippen LogP contribution in [0.1, 0.15) is 18.0 Å². The van der Waals surface area contributed by atoms with E-state index >= 15 is 0 Å². The predicted octanol–water partition coefficient (Wildman–Crippen LogP) is 3.21. The molecule has 1 unspecified atom stereocenters.